The number of thioether (sulfide) groups is 1. The fourth-order valence-corrected chi connectivity index (χ4v) is 2.23. The van der Waals surface area contributed by atoms with Crippen LogP contribution in [0.3, 0.4) is 0 Å². The number of nitrogens with zero attached hydrogens (tertiary/aromatic N) is 2. The van der Waals surface area contributed by atoms with Gasteiger partial charge in [-0.05, 0) is 23.8 Å². The van der Waals surface area contributed by atoms with Crippen LogP contribution in [0.2, 0.25) is 0 Å². The molecule has 5 nitrogen and oxygen atoms in total. The first kappa shape index (κ1) is 13.2. The summed E-state index contributed by atoms with van der Waals surface area (Å²) in [4.78, 5) is 15.9. The number of aromatic hydroxyl groups is 1. The lowest BCUT2D eigenvalue weighted by Gasteiger charge is -2.02. The molecule has 0 unspecified atom stereocenters. The Balaban J connectivity index is 2.15. The average Bonchev–Trinajstić information content (AvgIpc) is 2.88. The van der Waals surface area contributed by atoms with Gasteiger partial charge in [0.25, 0.3) is 5.91 Å². The molecule has 0 radical (unpaired) electrons. The molecular weight excluding hydrogens is 262 g/mol. The van der Waals surface area contributed by atoms with E-state index in [0.29, 0.717) is 17.3 Å². The van der Waals surface area contributed by atoms with Gasteiger partial charge in [-0.2, -0.15) is 5.26 Å². The second kappa shape index (κ2) is 6.07. The summed E-state index contributed by atoms with van der Waals surface area (Å²) in [5.41, 5.74) is 0.563. The highest BCUT2D eigenvalue weighted by Gasteiger charge is 2.14. The Kier molecular flexibility index (Phi) is 4.21. The molecule has 0 fully saturated rings. The van der Waals surface area contributed by atoms with Gasteiger partial charge < -0.3 is 10.4 Å². The molecule has 0 saturated carbocycles. The second-order valence-electron chi connectivity index (χ2n) is 3.75. The van der Waals surface area contributed by atoms with Crippen LogP contribution in [0.1, 0.15) is 5.56 Å². The molecule has 1 aliphatic heterocycles. The van der Waals surface area contributed by atoms with Gasteiger partial charge in [0, 0.05) is 5.75 Å². The van der Waals surface area contributed by atoms with Crippen molar-refractivity contribution in [3.05, 3.63) is 35.4 Å². The van der Waals surface area contributed by atoms with Crippen molar-refractivity contribution in [2.24, 2.45) is 4.99 Å². The van der Waals surface area contributed by atoms with Crippen LogP contribution in [0.4, 0.5) is 0 Å². The predicted octanol–water partition coefficient (Wildman–Crippen LogP) is 1.52. The van der Waals surface area contributed by atoms with E-state index in [2.05, 4.69) is 10.3 Å². The van der Waals surface area contributed by atoms with Crippen LogP contribution in [-0.2, 0) is 4.79 Å². The summed E-state index contributed by atoms with van der Waals surface area (Å²) in [7, 11) is 0. The van der Waals surface area contributed by atoms with Gasteiger partial charge in [0.05, 0.1) is 6.54 Å². The van der Waals surface area contributed by atoms with E-state index < -0.39 is 5.91 Å². The van der Waals surface area contributed by atoms with E-state index in [1.54, 1.807) is 12.1 Å². The number of carbonyl (C=O) groups is 1. The number of hydrogen-bond donors (Lipinski definition) is 2. The van der Waals surface area contributed by atoms with Crippen molar-refractivity contribution in [3.63, 3.8) is 0 Å². The molecule has 0 atom stereocenters. The number of amidine groups is 1. The summed E-state index contributed by atoms with van der Waals surface area (Å²) in [5.74, 6) is 0.439. The molecule has 0 spiro atoms. The molecule has 1 amide bonds. The lowest BCUT2D eigenvalue weighted by atomic mass is 10.1. The van der Waals surface area contributed by atoms with Gasteiger partial charge in [-0.3, -0.25) is 9.79 Å². The molecule has 96 valence electrons. The van der Waals surface area contributed by atoms with Crippen molar-refractivity contribution < 1.29 is 9.90 Å². The molecule has 0 aliphatic carbocycles. The van der Waals surface area contributed by atoms with E-state index in [-0.39, 0.29) is 11.3 Å². The first-order valence-electron chi connectivity index (χ1n) is 5.58. The molecule has 1 heterocycles. The fraction of sp³-hybridized carbons (Fsp3) is 0.154. The number of carbonyl (C=O) groups excluding carboxylic acids is 1. The van der Waals surface area contributed by atoms with Crippen molar-refractivity contribution in [3.8, 4) is 11.8 Å². The van der Waals surface area contributed by atoms with Crippen LogP contribution in [0.25, 0.3) is 6.08 Å². The summed E-state index contributed by atoms with van der Waals surface area (Å²) >= 11 is 1.45. The van der Waals surface area contributed by atoms with Crippen LogP contribution in [0, 0.1) is 11.3 Å². The SMILES string of the molecule is N#C/C(=C\c1cccc(O)c1)C(=O)NC1=NCCS1. The molecule has 0 saturated heterocycles. The van der Waals surface area contributed by atoms with Crippen molar-refractivity contribution in [2.75, 3.05) is 12.3 Å². The van der Waals surface area contributed by atoms with Crippen molar-refractivity contribution >= 4 is 28.9 Å². The zero-order valence-corrected chi connectivity index (χ0v) is 10.8. The Morgan fingerprint density at radius 1 is 1.58 bits per heavy atom. The Morgan fingerprint density at radius 3 is 3.05 bits per heavy atom. The first-order valence-corrected chi connectivity index (χ1v) is 6.57. The van der Waals surface area contributed by atoms with Crippen LogP contribution in [-0.4, -0.2) is 28.5 Å². The fourth-order valence-electron chi connectivity index (χ4n) is 1.51. The second-order valence-corrected chi connectivity index (χ2v) is 4.84. The van der Waals surface area contributed by atoms with E-state index in [4.69, 9.17) is 5.26 Å². The maximum atomic E-state index is 11.9. The van der Waals surface area contributed by atoms with E-state index in [1.807, 2.05) is 6.07 Å². The van der Waals surface area contributed by atoms with E-state index in [1.165, 1.54) is 30.0 Å². The zero-order valence-electron chi connectivity index (χ0n) is 9.96. The molecule has 0 bridgehead atoms. The van der Waals surface area contributed by atoms with Gasteiger partial charge in [-0.1, -0.05) is 23.9 Å². The highest BCUT2D eigenvalue weighted by Crippen LogP contribution is 2.15. The van der Waals surface area contributed by atoms with E-state index in [0.717, 1.165) is 5.75 Å². The van der Waals surface area contributed by atoms with Crippen molar-refractivity contribution in [1.82, 2.24) is 5.32 Å². The average molecular weight is 273 g/mol. The molecular formula is C13H11N3O2S. The van der Waals surface area contributed by atoms with Gasteiger partial charge in [0.1, 0.15) is 17.4 Å². The topological polar surface area (TPSA) is 85.5 Å². The standard InChI is InChI=1S/C13H11N3O2S/c14-8-10(6-9-2-1-3-11(17)7-9)12(18)16-13-15-4-5-19-13/h1-3,6-7,17H,4-5H2,(H,15,16,18)/b10-6+. The highest BCUT2D eigenvalue weighted by molar-refractivity contribution is 8.14. The zero-order chi connectivity index (χ0) is 13.7. The lowest BCUT2D eigenvalue weighted by molar-refractivity contribution is -0.115. The monoisotopic (exact) mass is 273 g/mol. The van der Waals surface area contributed by atoms with Crippen LogP contribution in [0.5, 0.6) is 5.75 Å². The summed E-state index contributed by atoms with van der Waals surface area (Å²) in [6.45, 7) is 0.679. The molecule has 2 rings (SSSR count). The molecule has 1 aliphatic rings. The number of rotatable bonds is 2. The predicted molar refractivity (Wildman–Crippen MR) is 74.6 cm³/mol. The number of phenols is 1. The highest BCUT2D eigenvalue weighted by atomic mass is 32.2. The third-order valence-corrected chi connectivity index (χ3v) is 3.24. The molecule has 6 heteroatoms. The largest absolute Gasteiger partial charge is 0.508 e. The third-order valence-electron chi connectivity index (χ3n) is 2.35. The molecule has 1 aromatic carbocycles. The third kappa shape index (κ3) is 3.60. The first-order chi connectivity index (χ1) is 9.19. The maximum Gasteiger partial charge on any atom is 0.267 e. The van der Waals surface area contributed by atoms with Crippen LogP contribution < -0.4 is 5.32 Å². The number of phenolic OH excluding ortho intramolecular Hbond substituents is 1. The summed E-state index contributed by atoms with van der Waals surface area (Å²) in [6, 6.07) is 8.19. The number of amides is 1. The summed E-state index contributed by atoms with van der Waals surface area (Å²) in [6.07, 6.45) is 1.43. The van der Waals surface area contributed by atoms with E-state index >= 15 is 0 Å². The van der Waals surface area contributed by atoms with Gasteiger partial charge in [0.15, 0.2) is 5.17 Å². The van der Waals surface area contributed by atoms with Crippen molar-refractivity contribution in [2.45, 2.75) is 0 Å². The lowest BCUT2D eigenvalue weighted by Crippen LogP contribution is -2.28. The number of benzene rings is 1. The smallest absolute Gasteiger partial charge is 0.267 e. The Morgan fingerprint density at radius 2 is 2.42 bits per heavy atom. The van der Waals surface area contributed by atoms with Gasteiger partial charge in [-0.25, -0.2) is 0 Å². The quantitative estimate of drug-likeness (QED) is 0.632. The van der Waals surface area contributed by atoms with Crippen LogP contribution >= 0.6 is 11.8 Å². The Hall–Kier alpha value is -2.26. The minimum Gasteiger partial charge on any atom is -0.508 e. The van der Waals surface area contributed by atoms with Gasteiger partial charge in [0.2, 0.25) is 0 Å². The van der Waals surface area contributed by atoms with Crippen LogP contribution in [0.15, 0.2) is 34.8 Å². The number of nitrogens with one attached hydrogen (secondary N) is 1. The summed E-state index contributed by atoms with van der Waals surface area (Å²) < 4.78 is 0. The minimum atomic E-state index is -0.487. The Bertz CT molecular complexity index is 602. The Labute approximate surface area is 114 Å². The summed E-state index contributed by atoms with van der Waals surface area (Å²) in [5, 5.41) is 21.5. The maximum absolute atomic E-state index is 11.9. The number of hydrogen-bond acceptors (Lipinski definition) is 5. The molecule has 2 N–H and O–H groups in total. The molecule has 1 aromatic rings. The number of aliphatic imine (C=N–C) groups is 1. The molecule has 0 aromatic heterocycles. The van der Waals surface area contributed by atoms with Gasteiger partial charge >= 0.3 is 0 Å². The number of nitriles is 1. The van der Waals surface area contributed by atoms with E-state index in [9.17, 15) is 9.90 Å². The minimum absolute atomic E-state index is 0.0270. The van der Waals surface area contributed by atoms with Gasteiger partial charge in [-0.15, -0.1) is 0 Å². The molecule has 19 heavy (non-hydrogen) atoms. The van der Waals surface area contributed by atoms with Crippen molar-refractivity contribution in [1.29, 1.82) is 5.26 Å². The normalized spacial score (nSPS) is 14.7.